The minimum absolute atomic E-state index is 0.485. The van der Waals surface area contributed by atoms with Crippen molar-refractivity contribution >= 4 is 28.9 Å². The van der Waals surface area contributed by atoms with Gasteiger partial charge >= 0.3 is 0 Å². The molecular formula is C7H6N5S. The molecule has 0 unspecified atom stereocenters. The van der Waals surface area contributed by atoms with Crippen molar-refractivity contribution in [2.24, 2.45) is 0 Å². The smallest absolute Gasteiger partial charge is 0.160 e. The first kappa shape index (κ1) is 8.06. The van der Waals surface area contributed by atoms with Crippen molar-refractivity contribution in [2.45, 2.75) is 6.54 Å². The second-order valence-corrected chi connectivity index (χ2v) is 2.58. The molecule has 5 nitrogen and oxygen atoms in total. The van der Waals surface area contributed by atoms with Crippen LogP contribution in [0.2, 0.25) is 0 Å². The van der Waals surface area contributed by atoms with Crippen molar-refractivity contribution in [3.8, 4) is 0 Å². The molecule has 0 atom stereocenters. The van der Waals surface area contributed by atoms with Crippen LogP contribution in [0.4, 0.5) is 0 Å². The zero-order chi connectivity index (χ0) is 9.10. The van der Waals surface area contributed by atoms with Gasteiger partial charge in [-0.15, -0.1) is 0 Å². The van der Waals surface area contributed by atoms with E-state index in [1.165, 1.54) is 0 Å². The fraction of sp³-hybridized carbons (Fsp3) is 0.143. The Morgan fingerprint density at radius 1 is 1.54 bits per heavy atom. The molecule has 2 heterocycles. The molecule has 2 aromatic heterocycles. The van der Waals surface area contributed by atoms with Gasteiger partial charge in [-0.3, -0.25) is 0 Å². The number of hydrogen-bond donors (Lipinski definition) is 2. The summed E-state index contributed by atoms with van der Waals surface area (Å²) in [6.07, 6.45) is 3.25. The quantitative estimate of drug-likeness (QED) is 0.540. The number of hydrogen-bond acceptors (Lipinski definition) is 4. The number of aromatic nitrogens is 4. The van der Waals surface area contributed by atoms with Crippen LogP contribution in [-0.2, 0) is 6.54 Å². The van der Waals surface area contributed by atoms with Crippen LogP contribution in [0.3, 0.4) is 0 Å². The third-order valence-corrected chi connectivity index (χ3v) is 1.69. The van der Waals surface area contributed by atoms with Gasteiger partial charge in [-0.1, -0.05) is 12.2 Å². The van der Waals surface area contributed by atoms with Crippen LogP contribution in [0.5, 0.6) is 0 Å². The third-order valence-electron chi connectivity index (χ3n) is 1.54. The lowest BCUT2D eigenvalue weighted by molar-refractivity contribution is 0.850. The first-order valence-electron chi connectivity index (χ1n) is 3.65. The van der Waals surface area contributed by atoms with Crippen LogP contribution in [0.25, 0.3) is 11.2 Å². The van der Waals surface area contributed by atoms with Gasteiger partial charge in [-0.25, -0.2) is 15.0 Å². The normalized spacial score (nSPS) is 10.2. The Morgan fingerprint density at radius 3 is 3.31 bits per heavy atom. The molecule has 2 rings (SSSR count). The van der Waals surface area contributed by atoms with Crippen molar-refractivity contribution < 1.29 is 0 Å². The minimum atomic E-state index is 0.485. The van der Waals surface area contributed by atoms with Crippen molar-refractivity contribution in [1.82, 2.24) is 25.3 Å². The Kier molecular flexibility index (Phi) is 2.13. The number of nitrogens with zero attached hydrogens (tertiary/aromatic N) is 3. The van der Waals surface area contributed by atoms with Gasteiger partial charge in [0.25, 0.3) is 0 Å². The minimum Gasteiger partial charge on any atom is -0.367 e. The van der Waals surface area contributed by atoms with Gasteiger partial charge in [-0.05, 0) is 0 Å². The second-order valence-electron chi connectivity index (χ2n) is 2.38. The maximum absolute atomic E-state index is 4.49. The van der Waals surface area contributed by atoms with Crippen LogP contribution >= 0.6 is 12.2 Å². The van der Waals surface area contributed by atoms with Crippen LogP contribution in [-0.4, -0.2) is 25.4 Å². The van der Waals surface area contributed by atoms with E-state index in [2.05, 4.69) is 43.0 Å². The first-order valence-corrected chi connectivity index (χ1v) is 4.06. The van der Waals surface area contributed by atoms with E-state index in [1.807, 2.05) is 0 Å². The predicted molar refractivity (Wildman–Crippen MR) is 51.1 cm³/mol. The highest BCUT2D eigenvalue weighted by Gasteiger charge is 1.99. The molecule has 0 amide bonds. The molecule has 0 aliphatic rings. The van der Waals surface area contributed by atoms with Gasteiger partial charge in [-0.2, -0.15) is 0 Å². The van der Waals surface area contributed by atoms with Crippen LogP contribution in [0, 0.1) is 0 Å². The maximum Gasteiger partial charge on any atom is 0.160 e. The summed E-state index contributed by atoms with van der Waals surface area (Å²) in [6, 6.07) is 0. The van der Waals surface area contributed by atoms with Gasteiger partial charge in [0.2, 0.25) is 0 Å². The van der Waals surface area contributed by atoms with Crippen molar-refractivity contribution in [1.29, 1.82) is 0 Å². The fourth-order valence-electron chi connectivity index (χ4n) is 0.976. The Balaban J connectivity index is 2.31. The predicted octanol–water partition coefficient (Wildman–Crippen LogP) is 0.277. The molecular weight excluding hydrogens is 186 g/mol. The standard InChI is InChI=1S/C7H6N5S/c13-4-8-2-6-9-1-5-7(12-6)11-3-10-5/h1,3H,2H2,(H,8,13)(H,9,10,11,12). The van der Waals surface area contributed by atoms with E-state index in [1.54, 1.807) is 12.5 Å². The monoisotopic (exact) mass is 192 g/mol. The van der Waals surface area contributed by atoms with E-state index in [4.69, 9.17) is 0 Å². The van der Waals surface area contributed by atoms with E-state index >= 15 is 0 Å². The highest BCUT2D eigenvalue weighted by molar-refractivity contribution is 7.78. The zero-order valence-electron chi connectivity index (χ0n) is 6.61. The number of nitrogens with one attached hydrogen (secondary N) is 2. The Morgan fingerprint density at radius 2 is 2.46 bits per heavy atom. The van der Waals surface area contributed by atoms with E-state index in [-0.39, 0.29) is 0 Å². The fourth-order valence-corrected chi connectivity index (χ4v) is 1.05. The average Bonchev–Trinajstić information content (AvgIpc) is 2.61. The molecule has 0 aromatic carbocycles. The number of imidazole rings is 1. The third kappa shape index (κ3) is 1.62. The summed E-state index contributed by atoms with van der Waals surface area (Å²) in [6.45, 7) is 0.485. The molecule has 65 valence electrons. The largest absolute Gasteiger partial charge is 0.367 e. The summed E-state index contributed by atoms with van der Waals surface area (Å²) in [4.78, 5) is 15.2. The molecule has 0 bridgehead atoms. The van der Waals surface area contributed by atoms with Crippen molar-refractivity contribution in [3.63, 3.8) is 0 Å². The van der Waals surface area contributed by atoms with E-state index in [0.29, 0.717) is 12.4 Å². The number of aromatic amines is 1. The van der Waals surface area contributed by atoms with E-state index in [9.17, 15) is 0 Å². The summed E-state index contributed by atoms with van der Waals surface area (Å²) >= 11 is 4.49. The molecule has 0 fully saturated rings. The molecule has 1 radical (unpaired) electrons. The Bertz CT molecular complexity index is 423. The molecule has 13 heavy (non-hydrogen) atoms. The Hall–Kier alpha value is -1.56. The molecule has 0 aliphatic carbocycles. The van der Waals surface area contributed by atoms with Gasteiger partial charge in [0.1, 0.15) is 16.8 Å². The number of thiocarbonyl (C=S) groups is 1. The summed E-state index contributed by atoms with van der Waals surface area (Å²) in [5, 5.41) is 2.73. The van der Waals surface area contributed by atoms with Crippen LogP contribution in [0.1, 0.15) is 5.82 Å². The van der Waals surface area contributed by atoms with E-state index < -0.39 is 0 Å². The highest BCUT2D eigenvalue weighted by Crippen LogP contribution is 2.03. The topological polar surface area (TPSA) is 66.5 Å². The molecule has 2 N–H and O–H groups in total. The molecule has 0 spiro atoms. The van der Waals surface area contributed by atoms with Crippen molar-refractivity contribution in [3.05, 3.63) is 18.3 Å². The summed E-state index contributed by atoms with van der Waals surface area (Å²) < 4.78 is 0. The molecule has 0 aliphatic heterocycles. The molecule has 0 saturated heterocycles. The molecule has 0 saturated carbocycles. The average molecular weight is 192 g/mol. The lowest BCUT2D eigenvalue weighted by atomic mass is 10.5. The van der Waals surface area contributed by atoms with Gasteiger partial charge in [0.15, 0.2) is 5.65 Å². The SMILES string of the molecule is S=[C]NCc1ncc2nc[nH]c2n1. The van der Waals surface area contributed by atoms with Gasteiger partial charge in [0.05, 0.1) is 19.1 Å². The summed E-state index contributed by atoms with van der Waals surface area (Å²) in [5.74, 6) is 0.661. The first-order chi connectivity index (χ1) is 6.40. The highest BCUT2D eigenvalue weighted by atomic mass is 32.1. The van der Waals surface area contributed by atoms with Crippen LogP contribution < -0.4 is 5.32 Å². The number of fused-ring (bicyclic) bond motifs is 1. The van der Waals surface area contributed by atoms with Gasteiger partial charge < -0.3 is 10.3 Å². The maximum atomic E-state index is 4.49. The van der Waals surface area contributed by atoms with Crippen molar-refractivity contribution in [2.75, 3.05) is 0 Å². The summed E-state index contributed by atoms with van der Waals surface area (Å²) in [7, 11) is 0. The van der Waals surface area contributed by atoms with E-state index in [0.717, 1.165) is 11.2 Å². The summed E-state index contributed by atoms with van der Waals surface area (Å²) in [5.41, 5.74) is 3.88. The lowest BCUT2D eigenvalue weighted by Gasteiger charge is -1.96. The number of rotatable bonds is 3. The Labute approximate surface area is 79.6 Å². The number of H-pyrrole nitrogens is 1. The van der Waals surface area contributed by atoms with Gasteiger partial charge in [0, 0.05) is 0 Å². The zero-order valence-corrected chi connectivity index (χ0v) is 7.43. The molecule has 6 heteroatoms. The molecule has 2 aromatic rings. The van der Waals surface area contributed by atoms with Crippen LogP contribution in [0.15, 0.2) is 12.5 Å². The lowest BCUT2D eigenvalue weighted by Crippen LogP contribution is -2.11. The second kappa shape index (κ2) is 3.44.